The maximum Gasteiger partial charge on any atom is 0.165 e. The van der Waals surface area contributed by atoms with Crippen molar-refractivity contribution in [3.05, 3.63) is 6.20 Å². The van der Waals surface area contributed by atoms with Gasteiger partial charge in [0.05, 0.1) is 6.20 Å². The molecule has 0 radical (unpaired) electrons. The summed E-state index contributed by atoms with van der Waals surface area (Å²) in [5.41, 5.74) is 5.43. The smallest absolute Gasteiger partial charge is 0.165 e. The largest absolute Gasteiger partial charge is 0.381 e. The molecular weight excluding hydrogens is 152 g/mol. The first-order chi connectivity index (χ1) is 5.84. The highest BCUT2D eigenvalue weighted by Crippen LogP contribution is 2.33. The molecule has 66 valence electrons. The van der Waals surface area contributed by atoms with Gasteiger partial charge >= 0.3 is 0 Å². The molecule has 12 heavy (non-hydrogen) atoms. The van der Waals surface area contributed by atoms with Gasteiger partial charge in [0.2, 0.25) is 0 Å². The van der Waals surface area contributed by atoms with E-state index in [0.717, 1.165) is 12.5 Å². The molecule has 1 fully saturated rings. The zero-order valence-corrected chi connectivity index (χ0v) is 7.11. The minimum absolute atomic E-state index is 0.515. The monoisotopic (exact) mass is 166 g/mol. The van der Waals surface area contributed by atoms with Crippen molar-refractivity contribution in [1.29, 1.82) is 0 Å². The Morgan fingerprint density at radius 3 is 3.00 bits per heavy atom. The maximum atomic E-state index is 5.43. The minimum atomic E-state index is 0.515. The van der Waals surface area contributed by atoms with Gasteiger partial charge in [-0.25, -0.2) is 0 Å². The molecule has 0 atom stereocenters. The molecule has 1 heterocycles. The molecule has 1 aliphatic rings. The minimum Gasteiger partial charge on any atom is -0.381 e. The second-order valence-corrected chi connectivity index (χ2v) is 3.49. The summed E-state index contributed by atoms with van der Waals surface area (Å²) in [7, 11) is 0. The quantitative estimate of drug-likeness (QED) is 0.727. The number of nitrogens with zero attached hydrogens (tertiary/aromatic N) is 3. The molecule has 0 saturated heterocycles. The van der Waals surface area contributed by atoms with E-state index in [-0.39, 0.29) is 0 Å². The maximum absolute atomic E-state index is 5.43. The van der Waals surface area contributed by atoms with Crippen molar-refractivity contribution in [3.8, 4) is 0 Å². The summed E-state index contributed by atoms with van der Waals surface area (Å²) >= 11 is 0. The molecule has 0 bridgehead atoms. The third kappa shape index (κ3) is 1.96. The van der Waals surface area contributed by atoms with E-state index < -0.39 is 0 Å². The molecule has 1 aromatic heterocycles. The number of hydrogen-bond acceptors (Lipinski definition) is 3. The van der Waals surface area contributed by atoms with Gasteiger partial charge in [0, 0.05) is 6.54 Å². The van der Waals surface area contributed by atoms with Gasteiger partial charge < -0.3 is 5.73 Å². The van der Waals surface area contributed by atoms with Crippen molar-refractivity contribution in [2.75, 3.05) is 5.73 Å². The number of aromatic nitrogens is 3. The molecule has 0 aromatic carbocycles. The van der Waals surface area contributed by atoms with Crippen LogP contribution in [0, 0.1) is 5.92 Å². The van der Waals surface area contributed by atoms with Crippen LogP contribution in [0.25, 0.3) is 0 Å². The van der Waals surface area contributed by atoms with Gasteiger partial charge in [-0.05, 0) is 18.8 Å². The van der Waals surface area contributed by atoms with Crippen LogP contribution in [0.1, 0.15) is 25.7 Å². The SMILES string of the molecule is Nc1cn(CCCC2CC2)nn1. The average molecular weight is 166 g/mol. The predicted molar refractivity (Wildman–Crippen MR) is 46.4 cm³/mol. The highest BCUT2D eigenvalue weighted by atomic mass is 15.4. The van der Waals surface area contributed by atoms with Crippen molar-refractivity contribution < 1.29 is 0 Å². The Morgan fingerprint density at radius 1 is 1.58 bits per heavy atom. The molecule has 0 amide bonds. The molecule has 2 N–H and O–H groups in total. The van der Waals surface area contributed by atoms with E-state index in [1.54, 1.807) is 6.20 Å². The lowest BCUT2D eigenvalue weighted by Gasteiger charge is -1.97. The van der Waals surface area contributed by atoms with Gasteiger partial charge in [0.25, 0.3) is 0 Å². The normalized spacial score (nSPS) is 16.7. The lowest BCUT2D eigenvalue weighted by atomic mass is 10.2. The van der Waals surface area contributed by atoms with E-state index in [1.165, 1.54) is 25.7 Å². The zero-order chi connectivity index (χ0) is 8.39. The molecule has 1 aliphatic carbocycles. The fourth-order valence-corrected chi connectivity index (χ4v) is 1.37. The van der Waals surface area contributed by atoms with Crippen LogP contribution in [0.2, 0.25) is 0 Å². The lowest BCUT2D eigenvalue weighted by molar-refractivity contribution is 0.523. The number of nitrogens with two attached hydrogens (primary N) is 1. The van der Waals surface area contributed by atoms with E-state index in [1.807, 2.05) is 4.68 Å². The van der Waals surface area contributed by atoms with Crippen LogP contribution in [0.15, 0.2) is 6.20 Å². The van der Waals surface area contributed by atoms with Crippen LogP contribution >= 0.6 is 0 Å². The van der Waals surface area contributed by atoms with E-state index >= 15 is 0 Å². The molecule has 0 unspecified atom stereocenters. The van der Waals surface area contributed by atoms with Crippen LogP contribution in [-0.4, -0.2) is 15.0 Å². The third-order valence-electron chi connectivity index (χ3n) is 2.25. The van der Waals surface area contributed by atoms with Crippen LogP contribution in [0.4, 0.5) is 5.82 Å². The summed E-state index contributed by atoms with van der Waals surface area (Å²) in [5, 5.41) is 7.60. The van der Waals surface area contributed by atoms with Crippen LogP contribution < -0.4 is 5.73 Å². The Morgan fingerprint density at radius 2 is 2.42 bits per heavy atom. The second-order valence-electron chi connectivity index (χ2n) is 3.49. The number of rotatable bonds is 4. The summed E-state index contributed by atoms with van der Waals surface area (Å²) in [6.45, 7) is 0.959. The topological polar surface area (TPSA) is 56.7 Å². The number of aryl methyl sites for hydroxylation is 1. The van der Waals surface area contributed by atoms with E-state index in [2.05, 4.69) is 10.3 Å². The first-order valence-electron chi connectivity index (χ1n) is 4.50. The van der Waals surface area contributed by atoms with Gasteiger partial charge in [-0.2, -0.15) is 0 Å². The molecule has 4 nitrogen and oxygen atoms in total. The van der Waals surface area contributed by atoms with Crippen molar-refractivity contribution in [2.45, 2.75) is 32.2 Å². The lowest BCUT2D eigenvalue weighted by Crippen LogP contribution is -1.98. The Labute approximate surface area is 71.8 Å². The van der Waals surface area contributed by atoms with Gasteiger partial charge in [0.1, 0.15) is 0 Å². The molecule has 0 aliphatic heterocycles. The Hall–Kier alpha value is -1.06. The number of anilines is 1. The Kier molecular flexibility index (Phi) is 1.98. The predicted octanol–water partition coefficient (Wildman–Crippen LogP) is 1.05. The molecule has 4 heteroatoms. The second kappa shape index (κ2) is 3.13. The van der Waals surface area contributed by atoms with Crippen LogP contribution in [-0.2, 0) is 6.54 Å². The van der Waals surface area contributed by atoms with Gasteiger partial charge in [-0.15, -0.1) is 5.10 Å². The Balaban J connectivity index is 1.71. The average Bonchev–Trinajstić information content (AvgIpc) is 2.76. The summed E-state index contributed by atoms with van der Waals surface area (Å²) < 4.78 is 1.82. The summed E-state index contributed by atoms with van der Waals surface area (Å²) in [6.07, 6.45) is 7.18. The highest BCUT2D eigenvalue weighted by Gasteiger charge is 2.20. The summed E-state index contributed by atoms with van der Waals surface area (Å²) in [4.78, 5) is 0. The zero-order valence-electron chi connectivity index (χ0n) is 7.11. The van der Waals surface area contributed by atoms with Crippen LogP contribution in [0.3, 0.4) is 0 Å². The Bertz CT molecular complexity index is 251. The van der Waals surface area contributed by atoms with E-state index in [0.29, 0.717) is 5.82 Å². The number of nitrogen functional groups attached to an aromatic ring is 1. The fraction of sp³-hybridized carbons (Fsp3) is 0.750. The standard InChI is InChI=1S/C8H14N4/c9-8-6-12(11-10-8)5-1-2-7-3-4-7/h6-7H,1-5,9H2. The highest BCUT2D eigenvalue weighted by molar-refractivity contribution is 5.19. The first-order valence-corrected chi connectivity index (χ1v) is 4.50. The molecule has 1 aromatic rings. The van der Waals surface area contributed by atoms with E-state index in [4.69, 9.17) is 5.73 Å². The van der Waals surface area contributed by atoms with Crippen molar-refractivity contribution in [3.63, 3.8) is 0 Å². The van der Waals surface area contributed by atoms with Crippen LogP contribution in [0.5, 0.6) is 0 Å². The fourth-order valence-electron chi connectivity index (χ4n) is 1.37. The van der Waals surface area contributed by atoms with Crippen molar-refractivity contribution >= 4 is 5.82 Å². The summed E-state index contributed by atoms with van der Waals surface area (Å²) in [6, 6.07) is 0. The first kappa shape index (κ1) is 7.58. The third-order valence-corrected chi connectivity index (χ3v) is 2.25. The van der Waals surface area contributed by atoms with Crippen molar-refractivity contribution in [2.24, 2.45) is 5.92 Å². The summed E-state index contributed by atoms with van der Waals surface area (Å²) in [5.74, 6) is 1.52. The van der Waals surface area contributed by atoms with Gasteiger partial charge in [0.15, 0.2) is 5.82 Å². The molecule has 1 saturated carbocycles. The van der Waals surface area contributed by atoms with E-state index in [9.17, 15) is 0 Å². The van der Waals surface area contributed by atoms with Gasteiger partial charge in [-0.1, -0.05) is 18.1 Å². The number of hydrogen-bond donors (Lipinski definition) is 1. The molecular formula is C8H14N4. The molecule has 0 spiro atoms. The van der Waals surface area contributed by atoms with Crippen molar-refractivity contribution in [1.82, 2.24) is 15.0 Å². The van der Waals surface area contributed by atoms with Gasteiger partial charge in [-0.3, -0.25) is 4.68 Å². The molecule has 2 rings (SSSR count).